The second-order valence-electron chi connectivity index (χ2n) is 6.92. The van der Waals surface area contributed by atoms with Crippen molar-refractivity contribution < 1.29 is 4.79 Å². The SMILES string of the molecule is CC(=O)n1cc([C@@H](CC(C)C)N2CCNCC2)c2ccccc21. The first-order valence-corrected chi connectivity index (χ1v) is 8.63. The summed E-state index contributed by atoms with van der Waals surface area (Å²) in [6.07, 6.45) is 3.19. The third-order valence-electron chi connectivity index (χ3n) is 4.73. The van der Waals surface area contributed by atoms with Crippen molar-refractivity contribution in [2.24, 2.45) is 5.92 Å². The van der Waals surface area contributed by atoms with Crippen molar-refractivity contribution in [1.82, 2.24) is 14.8 Å². The molecule has 1 aliphatic rings. The fourth-order valence-electron chi connectivity index (χ4n) is 3.65. The van der Waals surface area contributed by atoms with Crippen LogP contribution in [0.4, 0.5) is 0 Å². The molecule has 1 fully saturated rings. The number of fused-ring (bicyclic) bond motifs is 1. The Kier molecular flexibility index (Phi) is 4.83. The predicted octanol–water partition coefficient (Wildman–Crippen LogP) is 3.29. The van der Waals surface area contributed by atoms with Gasteiger partial charge in [-0.25, -0.2) is 0 Å². The molecule has 1 aromatic heterocycles. The van der Waals surface area contributed by atoms with E-state index in [1.165, 1.54) is 10.9 Å². The van der Waals surface area contributed by atoms with Gasteiger partial charge in [0.15, 0.2) is 0 Å². The van der Waals surface area contributed by atoms with E-state index in [0.29, 0.717) is 12.0 Å². The maximum Gasteiger partial charge on any atom is 0.227 e. The van der Waals surface area contributed by atoms with E-state index in [9.17, 15) is 4.79 Å². The first-order valence-electron chi connectivity index (χ1n) is 8.63. The number of carbonyl (C=O) groups excluding carboxylic acids is 1. The summed E-state index contributed by atoms with van der Waals surface area (Å²) >= 11 is 0. The number of aromatic nitrogens is 1. The maximum atomic E-state index is 12.0. The van der Waals surface area contributed by atoms with Gasteiger partial charge in [-0.1, -0.05) is 32.0 Å². The van der Waals surface area contributed by atoms with Crippen LogP contribution in [0.15, 0.2) is 30.5 Å². The minimum Gasteiger partial charge on any atom is -0.314 e. The van der Waals surface area contributed by atoms with Gasteiger partial charge in [-0.05, 0) is 24.0 Å². The Morgan fingerprint density at radius 3 is 2.57 bits per heavy atom. The van der Waals surface area contributed by atoms with Crippen LogP contribution in [0.1, 0.15) is 43.6 Å². The largest absolute Gasteiger partial charge is 0.314 e. The molecule has 3 rings (SSSR count). The van der Waals surface area contributed by atoms with Crippen molar-refractivity contribution in [2.75, 3.05) is 26.2 Å². The smallest absolute Gasteiger partial charge is 0.227 e. The van der Waals surface area contributed by atoms with E-state index in [1.54, 1.807) is 11.5 Å². The lowest BCUT2D eigenvalue weighted by molar-refractivity contribution is 0.0940. The van der Waals surface area contributed by atoms with Gasteiger partial charge in [-0.15, -0.1) is 0 Å². The first kappa shape index (κ1) is 16.2. The molecule has 1 N–H and O–H groups in total. The first-order chi connectivity index (χ1) is 11.1. The Labute approximate surface area is 138 Å². The molecular formula is C19H27N3O. The molecule has 1 aliphatic heterocycles. The molecule has 2 aromatic rings. The van der Waals surface area contributed by atoms with E-state index in [4.69, 9.17) is 0 Å². The molecule has 0 bridgehead atoms. The molecule has 4 nitrogen and oxygen atoms in total. The number of hydrogen-bond acceptors (Lipinski definition) is 3. The zero-order valence-electron chi connectivity index (χ0n) is 14.4. The lowest BCUT2D eigenvalue weighted by Crippen LogP contribution is -2.45. The summed E-state index contributed by atoms with van der Waals surface area (Å²) in [5.41, 5.74) is 2.32. The predicted molar refractivity (Wildman–Crippen MR) is 94.9 cm³/mol. The quantitative estimate of drug-likeness (QED) is 0.941. The number of rotatable bonds is 4. The van der Waals surface area contributed by atoms with Crippen LogP contribution in [0, 0.1) is 5.92 Å². The Morgan fingerprint density at radius 2 is 1.91 bits per heavy atom. The molecule has 0 amide bonds. The number of hydrogen-bond donors (Lipinski definition) is 1. The van der Waals surface area contributed by atoms with Crippen LogP contribution in [0.2, 0.25) is 0 Å². The van der Waals surface area contributed by atoms with Gasteiger partial charge in [0.1, 0.15) is 0 Å². The summed E-state index contributed by atoms with van der Waals surface area (Å²) in [7, 11) is 0. The summed E-state index contributed by atoms with van der Waals surface area (Å²) in [5.74, 6) is 0.699. The summed E-state index contributed by atoms with van der Waals surface area (Å²) in [6.45, 7) is 10.4. The normalized spacial score (nSPS) is 17.7. The molecule has 1 atom stereocenters. The molecule has 0 spiro atoms. The number of nitrogens with one attached hydrogen (secondary N) is 1. The molecule has 2 heterocycles. The monoisotopic (exact) mass is 313 g/mol. The minimum atomic E-state index is 0.0797. The molecule has 1 saturated heterocycles. The van der Waals surface area contributed by atoms with Crippen LogP contribution < -0.4 is 5.32 Å². The van der Waals surface area contributed by atoms with Gasteiger partial charge in [0, 0.05) is 50.7 Å². The highest BCUT2D eigenvalue weighted by molar-refractivity contribution is 5.93. The lowest BCUT2D eigenvalue weighted by atomic mass is 9.94. The molecule has 0 radical (unpaired) electrons. The Hall–Kier alpha value is -1.65. The van der Waals surface area contributed by atoms with Crippen LogP contribution in [-0.2, 0) is 0 Å². The molecule has 124 valence electrons. The van der Waals surface area contributed by atoms with Gasteiger partial charge in [0.05, 0.1) is 5.52 Å². The van der Waals surface area contributed by atoms with Gasteiger partial charge in [-0.2, -0.15) is 0 Å². The molecule has 0 saturated carbocycles. The summed E-state index contributed by atoms with van der Waals surface area (Å²) in [6, 6.07) is 8.65. The number of benzene rings is 1. The highest BCUT2D eigenvalue weighted by Crippen LogP contribution is 2.34. The van der Waals surface area contributed by atoms with Crippen LogP contribution in [-0.4, -0.2) is 41.6 Å². The number of nitrogens with zero attached hydrogens (tertiary/aromatic N) is 2. The van der Waals surface area contributed by atoms with Gasteiger partial charge in [0.25, 0.3) is 0 Å². The van der Waals surface area contributed by atoms with E-state index in [0.717, 1.165) is 38.1 Å². The number of para-hydroxylation sites is 1. The summed E-state index contributed by atoms with van der Waals surface area (Å²) in [5, 5.41) is 4.65. The minimum absolute atomic E-state index is 0.0797. The van der Waals surface area contributed by atoms with Crippen molar-refractivity contribution in [3.8, 4) is 0 Å². The highest BCUT2D eigenvalue weighted by atomic mass is 16.1. The van der Waals surface area contributed by atoms with Gasteiger partial charge >= 0.3 is 0 Å². The number of piperazine rings is 1. The fraction of sp³-hybridized carbons (Fsp3) is 0.526. The third kappa shape index (κ3) is 3.33. The van der Waals surface area contributed by atoms with Crippen LogP contribution in [0.25, 0.3) is 10.9 Å². The average Bonchev–Trinajstić information content (AvgIpc) is 2.93. The van der Waals surface area contributed by atoms with Crippen molar-refractivity contribution in [2.45, 2.75) is 33.2 Å². The molecule has 0 unspecified atom stereocenters. The van der Waals surface area contributed by atoms with Gasteiger partial charge in [0.2, 0.25) is 5.91 Å². The average molecular weight is 313 g/mol. The molecule has 4 heteroatoms. The second kappa shape index (κ2) is 6.85. The van der Waals surface area contributed by atoms with Crippen LogP contribution >= 0.6 is 0 Å². The zero-order valence-corrected chi connectivity index (χ0v) is 14.4. The Bertz CT molecular complexity index is 683. The molecule has 23 heavy (non-hydrogen) atoms. The van der Waals surface area contributed by atoms with Gasteiger partial charge in [-0.3, -0.25) is 14.3 Å². The van der Waals surface area contributed by atoms with E-state index in [2.05, 4.69) is 42.4 Å². The standard InChI is InChI=1S/C19H27N3O/c1-14(2)12-19(21-10-8-20-9-11-21)17-13-22(15(3)23)18-7-5-4-6-16(17)18/h4-7,13-14,19-20H,8-12H2,1-3H3/t19-/m1/s1. The second-order valence-corrected chi connectivity index (χ2v) is 6.92. The molecule has 1 aromatic carbocycles. The van der Waals surface area contributed by atoms with Crippen molar-refractivity contribution in [3.63, 3.8) is 0 Å². The summed E-state index contributed by atoms with van der Waals surface area (Å²) < 4.78 is 1.81. The Balaban J connectivity index is 2.07. The van der Waals surface area contributed by atoms with E-state index < -0.39 is 0 Å². The fourth-order valence-corrected chi connectivity index (χ4v) is 3.65. The van der Waals surface area contributed by atoms with Crippen LogP contribution in [0.5, 0.6) is 0 Å². The topological polar surface area (TPSA) is 37.3 Å². The number of carbonyl (C=O) groups is 1. The summed E-state index contributed by atoms with van der Waals surface area (Å²) in [4.78, 5) is 14.6. The van der Waals surface area contributed by atoms with Crippen molar-refractivity contribution >= 4 is 16.8 Å². The van der Waals surface area contributed by atoms with Crippen molar-refractivity contribution in [3.05, 3.63) is 36.0 Å². The van der Waals surface area contributed by atoms with E-state index in [1.807, 2.05) is 12.1 Å². The van der Waals surface area contributed by atoms with E-state index >= 15 is 0 Å². The van der Waals surface area contributed by atoms with E-state index in [-0.39, 0.29) is 5.91 Å². The van der Waals surface area contributed by atoms with Crippen LogP contribution in [0.3, 0.4) is 0 Å². The highest BCUT2D eigenvalue weighted by Gasteiger charge is 2.26. The lowest BCUT2D eigenvalue weighted by Gasteiger charge is -2.36. The maximum absolute atomic E-state index is 12.0. The van der Waals surface area contributed by atoms with Crippen molar-refractivity contribution in [1.29, 1.82) is 0 Å². The third-order valence-corrected chi connectivity index (χ3v) is 4.73. The molecule has 0 aliphatic carbocycles. The molecular weight excluding hydrogens is 286 g/mol. The van der Waals surface area contributed by atoms with Gasteiger partial charge < -0.3 is 5.32 Å². The zero-order chi connectivity index (χ0) is 16.4. The Morgan fingerprint density at radius 1 is 1.22 bits per heavy atom.